The van der Waals surface area contributed by atoms with E-state index in [0.29, 0.717) is 0 Å². The fourth-order valence-corrected chi connectivity index (χ4v) is 0. The number of carbonyl (C=O) groups excluding carboxylic acids is 1. The summed E-state index contributed by atoms with van der Waals surface area (Å²) in [6, 6.07) is 0. The third-order valence-electron chi connectivity index (χ3n) is 0.129. The zero-order valence-electron chi connectivity index (χ0n) is 2.76. The molecule has 0 radical (unpaired) electrons. The zero-order valence-corrected chi connectivity index (χ0v) is 4.64. The van der Waals surface area contributed by atoms with Gasteiger partial charge in [-0.25, -0.2) is 0 Å². The SMILES string of the molecule is CC(=O)O[SeH].[KH]. The van der Waals surface area contributed by atoms with Gasteiger partial charge in [0.15, 0.2) is 0 Å². The van der Waals surface area contributed by atoms with Gasteiger partial charge in [-0.2, -0.15) is 0 Å². The van der Waals surface area contributed by atoms with Crippen molar-refractivity contribution in [1.82, 2.24) is 0 Å². The standard InChI is InChI=1S/C2H4O2Se.K.H/c1-2(3)4-5;;/h5H,1H3;;. The molecule has 0 aliphatic rings. The minimum atomic E-state index is -0.273. The summed E-state index contributed by atoms with van der Waals surface area (Å²) in [5.41, 5.74) is 0. The van der Waals surface area contributed by atoms with Gasteiger partial charge in [-0.05, 0) is 0 Å². The van der Waals surface area contributed by atoms with E-state index in [4.69, 9.17) is 0 Å². The molecule has 0 heterocycles. The first-order valence-corrected chi connectivity index (χ1v) is 1.86. The van der Waals surface area contributed by atoms with Gasteiger partial charge in [-0.15, -0.1) is 0 Å². The van der Waals surface area contributed by atoms with Crippen LogP contribution < -0.4 is 0 Å². The van der Waals surface area contributed by atoms with Gasteiger partial charge >= 0.3 is 89.2 Å². The van der Waals surface area contributed by atoms with Gasteiger partial charge in [0.05, 0.1) is 0 Å². The summed E-state index contributed by atoms with van der Waals surface area (Å²) in [7, 11) is 0. The minimum absolute atomic E-state index is 0. The Hall–Kier alpha value is 1.63. The van der Waals surface area contributed by atoms with Crippen LogP contribution in [-0.2, 0) is 8.61 Å². The van der Waals surface area contributed by atoms with Crippen LogP contribution in [0, 0.1) is 0 Å². The van der Waals surface area contributed by atoms with Crippen molar-refractivity contribution in [2.24, 2.45) is 0 Å². The van der Waals surface area contributed by atoms with Crippen LogP contribution in [0.2, 0.25) is 0 Å². The number of hydrogen-bond donors (Lipinski definition) is 0. The van der Waals surface area contributed by atoms with E-state index in [1.165, 1.54) is 6.92 Å². The van der Waals surface area contributed by atoms with E-state index < -0.39 is 0 Å². The third-order valence-corrected chi connectivity index (χ3v) is 0.668. The first-order chi connectivity index (χ1) is 2.27. The Morgan fingerprint density at radius 3 is 2.00 bits per heavy atom. The second-order valence-electron chi connectivity index (χ2n) is 0.583. The summed E-state index contributed by atoms with van der Waals surface area (Å²) >= 11 is 1.72. The van der Waals surface area contributed by atoms with E-state index >= 15 is 0 Å². The monoisotopic (exact) mass is 180 g/mol. The van der Waals surface area contributed by atoms with Crippen LogP contribution in [0.15, 0.2) is 0 Å². The normalized spacial score (nSPS) is 5.67. The van der Waals surface area contributed by atoms with E-state index in [9.17, 15) is 4.79 Å². The molecule has 32 valence electrons. The Morgan fingerprint density at radius 1 is 1.83 bits per heavy atom. The second-order valence-corrected chi connectivity index (χ2v) is 0.966. The predicted octanol–water partition coefficient (Wildman–Crippen LogP) is -1.28. The van der Waals surface area contributed by atoms with Crippen molar-refractivity contribution < 1.29 is 8.61 Å². The molecule has 4 heteroatoms. The van der Waals surface area contributed by atoms with Crippen LogP contribution in [0.5, 0.6) is 0 Å². The molecular formula is C2H5KO2Se. The van der Waals surface area contributed by atoms with Crippen LogP contribution in [-0.4, -0.2) is 73.7 Å². The molecule has 0 saturated heterocycles. The van der Waals surface area contributed by atoms with Crippen molar-refractivity contribution in [3.8, 4) is 0 Å². The molecule has 0 atom stereocenters. The molecule has 6 heavy (non-hydrogen) atoms. The Bertz CT molecular complexity index is 46.8. The Morgan fingerprint density at radius 2 is 2.00 bits per heavy atom. The first-order valence-electron chi connectivity index (χ1n) is 1.09. The molecule has 0 fully saturated rings. The maximum absolute atomic E-state index is 9.57. The van der Waals surface area contributed by atoms with Crippen molar-refractivity contribution in [1.29, 1.82) is 0 Å². The summed E-state index contributed by atoms with van der Waals surface area (Å²) in [5.74, 6) is -0.273. The molecule has 0 aliphatic heterocycles. The molecule has 0 aliphatic carbocycles. The Balaban J connectivity index is 0. The van der Waals surface area contributed by atoms with E-state index in [2.05, 4.69) is 3.82 Å². The second kappa shape index (κ2) is 6.63. The molecular weight excluding hydrogens is 174 g/mol. The summed E-state index contributed by atoms with van der Waals surface area (Å²) < 4.78 is 4.05. The maximum atomic E-state index is 9.57. The van der Waals surface area contributed by atoms with Crippen molar-refractivity contribution in [2.45, 2.75) is 6.92 Å². The van der Waals surface area contributed by atoms with Crippen molar-refractivity contribution >= 4 is 73.7 Å². The summed E-state index contributed by atoms with van der Waals surface area (Å²) in [4.78, 5) is 9.57. The van der Waals surface area contributed by atoms with Crippen molar-refractivity contribution in [2.75, 3.05) is 0 Å². The molecule has 0 saturated carbocycles. The van der Waals surface area contributed by atoms with Crippen LogP contribution in [0.25, 0.3) is 0 Å². The molecule has 0 aromatic rings. The van der Waals surface area contributed by atoms with Gasteiger partial charge in [0.1, 0.15) is 0 Å². The molecule has 0 unspecified atom stereocenters. The Labute approximate surface area is 87.6 Å². The molecule has 2 nitrogen and oxygen atoms in total. The molecule has 0 aromatic carbocycles. The van der Waals surface area contributed by atoms with E-state index in [1.54, 1.807) is 16.3 Å². The van der Waals surface area contributed by atoms with Crippen molar-refractivity contribution in [3.05, 3.63) is 0 Å². The number of carbonyl (C=O) groups is 1. The van der Waals surface area contributed by atoms with Crippen LogP contribution >= 0.6 is 0 Å². The number of rotatable bonds is 0. The van der Waals surface area contributed by atoms with Gasteiger partial charge < -0.3 is 0 Å². The summed E-state index contributed by atoms with van der Waals surface area (Å²) in [5, 5.41) is 0. The van der Waals surface area contributed by atoms with Gasteiger partial charge in [0.25, 0.3) is 0 Å². The van der Waals surface area contributed by atoms with E-state index in [0.717, 1.165) is 0 Å². The number of hydrogen-bond acceptors (Lipinski definition) is 2. The fourth-order valence-electron chi connectivity index (χ4n) is 0. The van der Waals surface area contributed by atoms with Crippen LogP contribution in [0.4, 0.5) is 0 Å². The Kier molecular flexibility index (Phi) is 11.7. The quantitative estimate of drug-likeness (QED) is 0.433. The molecule has 0 N–H and O–H groups in total. The molecule has 0 spiro atoms. The summed E-state index contributed by atoms with van der Waals surface area (Å²) in [6.07, 6.45) is 0. The van der Waals surface area contributed by atoms with Gasteiger partial charge in [0, 0.05) is 0 Å². The molecule has 0 bridgehead atoms. The molecule has 0 aromatic heterocycles. The van der Waals surface area contributed by atoms with Crippen LogP contribution in [0.3, 0.4) is 0 Å². The van der Waals surface area contributed by atoms with Gasteiger partial charge in [-0.3, -0.25) is 0 Å². The summed E-state index contributed by atoms with van der Waals surface area (Å²) in [6.45, 7) is 1.35. The first kappa shape index (κ1) is 10.6. The van der Waals surface area contributed by atoms with Crippen molar-refractivity contribution in [3.63, 3.8) is 0 Å². The molecule has 0 rings (SSSR count). The van der Waals surface area contributed by atoms with Gasteiger partial charge in [0.2, 0.25) is 0 Å². The predicted molar refractivity (Wildman–Crippen MR) is 26.1 cm³/mol. The fraction of sp³-hybridized carbons (Fsp3) is 0.500. The van der Waals surface area contributed by atoms with Gasteiger partial charge in [-0.1, -0.05) is 0 Å². The van der Waals surface area contributed by atoms with Crippen LogP contribution in [0.1, 0.15) is 6.92 Å². The van der Waals surface area contributed by atoms with E-state index in [1.807, 2.05) is 0 Å². The zero-order chi connectivity index (χ0) is 4.28. The average Bonchev–Trinajstić information content (AvgIpc) is 1.38. The van der Waals surface area contributed by atoms with E-state index in [-0.39, 0.29) is 57.4 Å². The molecule has 0 amide bonds. The third kappa shape index (κ3) is 9.16. The average molecular weight is 179 g/mol. The topological polar surface area (TPSA) is 26.3 Å².